The third kappa shape index (κ3) is 4.06. The number of aromatic nitrogens is 1. The standard InChI is InChI=1S/C22H30BNO6S/c1-9-28-20(25)18-12-17(23-29-21(5,6)22(7,8)30-23)13-24(18)31(26,27)19-15(3)10-14(2)11-16(19)4/h10-13H,9H2,1-8H3. The highest BCUT2D eigenvalue weighted by Crippen LogP contribution is 2.37. The average molecular weight is 447 g/mol. The lowest BCUT2D eigenvalue weighted by molar-refractivity contribution is 0.00578. The van der Waals surface area contributed by atoms with E-state index in [1.165, 1.54) is 12.3 Å². The van der Waals surface area contributed by atoms with Gasteiger partial charge in [0.25, 0.3) is 10.0 Å². The molecular formula is C22H30BNO6S. The number of benzene rings is 1. The molecule has 0 bridgehead atoms. The lowest BCUT2D eigenvalue weighted by atomic mass is 9.81. The van der Waals surface area contributed by atoms with Crippen molar-refractivity contribution in [2.45, 2.75) is 71.5 Å². The lowest BCUT2D eigenvalue weighted by Crippen LogP contribution is -2.41. The molecule has 2 heterocycles. The second kappa shape index (κ2) is 7.80. The minimum Gasteiger partial charge on any atom is -0.461 e. The van der Waals surface area contributed by atoms with E-state index in [1.54, 1.807) is 20.8 Å². The van der Waals surface area contributed by atoms with Crippen LogP contribution < -0.4 is 5.46 Å². The summed E-state index contributed by atoms with van der Waals surface area (Å²) in [6.45, 7) is 14.8. The maximum Gasteiger partial charge on any atom is 0.496 e. The number of ether oxygens (including phenoxy) is 1. The van der Waals surface area contributed by atoms with Crippen LogP contribution in [0.25, 0.3) is 0 Å². The number of aryl methyl sites for hydroxylation is 3. The molecule has 0 aliphatic carbocycles. The monoisotopic (exact) mass is 447 g/mol. The average Bonchev–Trinajstić information content (AvgIpc) is 3.14. The maximum absolute atomic E-state index is 13.7. The predicted molar refractivity (Wildman–Crippen MR) is 119 cm³/mol. The molecule has 1 aliphatic rings. The molecule has 0 N–H and O–H groups in total. The highest BCUT2D eigenvalue weighted by molar-refractivity contribution is 7.90. The fourth-order valence-electron chi connectivity index (χ4n) is 3.80. The molecule has 1 aliphatic heterocycles. The second-order valence-electron chi connectivity index (χ2n) is 9.00. The van der Waals surface area contributed by atoms with E-state index in [0.29, 0.717) is 16.6 Å². The number of nitrogens with zero attached hydrogens (tertiary/aromatic N) is 1. The third-order valence-electron chi connectivity index (χ3n) is 5.94. The van der Waals surface area contributed by atoms with Crippen molar-refractivity contribution in [2.75, 3.05) is 6.61 Å². The van der Waals surface area contributed by atoms with Crippen molar-refractivity contribution in [3.8, 4) is 0 Å². The second-order valence-corrected chi connectivity index (χ2v) is 10.7. The fourth-order valence-corrected chi connectivity index (χ4v) is 5.57. The van der Waals surface area contributed by atoms with Gasteiger partial charge in [-0.25, -0.2) is 17.2 Å². The SMILES string of the molecule is CCOC(=O)c1cc(B2OC(C)(C)C(C)(C)O2)cn1S(=O)(=O)c1c(C)cc(C)cc1C. The van der Waals surface area contributed by atoms with Crippen molar-refractivity contribution in [2.24, 2.45) is 0 Å². The molecule has 168 valence electrons. The highest BCUT2D eigenvalue weighted by Gasteiger charge is 2.52. The molecule has 9 heteroatoms. The summed E-state index contributed by atoms with van der Waals surface area (Å²) in [7, 11) is -4.88. The highest BCUT2D eigenvalue weighted by atomic mass is 32.2. The van der Waals surface area contributed by atoms with E-state index in [4.69, 9.17) is 14.0 Å². The number of hydrogen-bond acceptors (Lipinski definition) is 6. The van der Waals surface area contributed by atoms with Crippen molar-refractivity contribution < 1.29 is 27.3 Å². The van der Waals surface area contributed by atoms with Crippen LogP contribution in [0.2, 0.25) is 0 Å². The van der Waals surface area contributed by atoms with E-state index in [2.05, 4.69) is 0 Å². The molecule has 0 amide bonds. The van der Waals surface area contributed by atoms with Crippen LogP contribution in [0.15, 0.2) is 29.3 Å². The van der Waals surface area contributed by atoms with Gasteiger partial charge in [0.2, 0.25) is 0 Å². The Bertz CT molecular complexity index is 1090. The summed E-state index contributed by atoms with van der Waals surface area (Å²) in [5.41, 5.74) is 1.32. The van der Waals surface area contributed by atoms with Crippen LogP contribution in [0.3, 0.4) is 0 Å². The van der Waals surface area contributed by atoms with Crippen LogP contribution in [0.1, 0.15) is 61.8 Å². The first-order valence-electron chi connectivity index (χ1n) is 10.3. The van der Waals surface area contributed by atoms with Crippen LogP contribution in [-0.2, 0) is 24.1 Å². The minimum atomic E-state index is -4.07. The first-order valence-corrected chi connectivity index (χ1v) is 11.7. The van der Waals surface area contributed by atoms with E-state index in [1.807, 2.05) is 46.8 Å². The van der Waals surface area contributed by atoms with Crippen LogP contribution in [0, 0.1) is 20.8 Å². The number of carbonyl (C=O) groups is 1. The Morgan fingerprint density at radius 3 is 2.03 bits per heavy atom. The van der Waals surface area contributed by atoms with Gasteiger partial charge in [-0.3, -0.25) is 0 Å². The molecule has 0 radical (unpaired) electrons. The maximum atomic E-state index is 13.7. The molecule has 1 aromatic carbocycles. The molecule has 2 aromatic rings. The number of hydrogen-bond donors (Lipinski definition) is 0. The van der Waals surface area contributed by atoms with Gasteiger partial charge in [0.05, 0.1) is 22.7 Å². The Labute approximate surface area is 184 Å². The van der Waals surface area contributed by atoms with Crippen molar-refractivity contribution in [3.63, 3.8) is 0 Å². The van der Waals surface area contributed by atoms with Gasteiger partial charge in [0.15, 0.2) is 0 Å². The Kier molecular flexibility index (Phi) is 5.93. The van der Waals surface area contributed by atoms with E-state index < -0.39 is 34.3 Å². The number of rotatable bonds is 5. The molecule has 0 spiro atoms. The summed E-state index contributed by atoms with van der Waals surface area (Å²) in [6.07, 6.45) is 1.39. The first kappa shape index (κ1) is 23.6. The van der Waals surface area contributed by atoms with E-state index in [0.717, 1.165) is 9.54 Å². The molecule has 3 rings (SSSR count). The van der Waals surface area contributed by atoms with Gasteiger partial charge >= 0.3 is 13.1 Å². The zero-order chi connectivity index (χ0) is 23.4. The van der Waals surface area contributed by atoms with Crippen LogP contribution in [0.5, 0.6) is 0 Å². The van der Waals surface area contributed by atoms with Crippen molar-refractivity contribution in [1.82, 2.24) is 3.97 Å². The first-order chi connectivity index (χ1) is 14.2. The fraction of sp³-hybridized carbons (Fsp3) is 0.500. The van der Waals surface area contributed by atoms with Crippen molar-refractivity contribution in [3.05, 3.63) is 46.8 Å². The lowest BCUT2D eigenvalue weighted by Gasteiger charge is -2.32. The number of carbonyl (C=O) groups excluding carboxylic acids is 1. The van der Waals surface area contributed by atoms with Crippen LogP contribution in [-0.4, -0.2) is 43.3 Å². The molecule has 0 atom stereocenters. The topological polar surface area (TPSA) is 83.8 Å². The summed E-state index contributed by atoms with van der Waals surface area (Å²) < 4.78 is 45.6. The quantitative estimate of drug-likeness (QED) is 0.518. The molecule has 1 aromatic heterocycles. The summed E-state index contributed by atoms with van der Waals surface area (Å²) in [5, 5.41) is 0. The molecule has 31 heavy (non-hydrogen) atoms. The number of esters is 1. The normalized spacial score (nSPS) is 17.7. The zero-order valence-corrected chi connectivity index (χ0v) is 20.2. The van der Waals surface area contributed by atoms with Gasteiger partial charge in [0.1, 0.15) is 5.69 Å². The summed E-state index contributed by atoms with van der Waals surface area (Å²) in [4.78, 5) is 12.8. The van der Waals surface area contributed by atoms with Gasteiger partial charge in [-0.15, -0.1) is 0 Å². The molecule has 7 nitrogen and oxygen atoms in total. The van der Waals surface area contributed by atoms with E-state index in [-0.39, 0.29) is 17.2 Å². The molecular weight excluding hydrogens is 417 g/mol. The Balaban J connectivity index is 2.17. The Morgan fingerprint density at radius 1 is 1.03 bits per heavy atom. The summed E-state index contributed by atoms with van der Waals surface area (Å²) in [6, 6.07) is 5.08. The van der Waals surface area contributed by atoms with Gasteiger partial charge in [-0.1, -0.05) is 17.7 Å². The van der Waals surface area contributed by atoms with Gasteiger partial charge in [-0.05, 0) is 72.6 Å². The molecule has 1 saturated heterocycles. The van der Waals surface area contributed by atoms with Gasteiger partial charge < -0.3 is 14.0 Å². The largest absolute Gasteiger partial charge is 0.496 e. The van der Waals surface area contributed by atoms with Crippen molar-refractivity contribution >= 4 is 28.6 Å². The Morgan fingerprint density at radius 2 is 1.55 bits per heavy atom. The zero-order valence-electron chi connectivity index (χ0n) is 19.4. The van der Waals surface area contributed by atoms with Gasteiger partial charge in [0, 0.05) is 11.7 Å². The summed E-state index contributed by atoms with van der Waals surface area (Å²) >= 11 is 0. The van der Waals surface area contributed by atoms with Crippen LogP contribution >= 0.6 is 0 Å². The molecule has 0 unspecified atom stereocenters. The third-order valence-corrected chi connectivity index (χ3v) is 7.92. The van der Waals surface area contributed by atoms with Gasteiger partial charge in [-0.2, -0.15) is 0 Å². The smallest absolute Gasteiger partial charge is 0.461 e. The minimum absolute atomic E-state index is 0.0917. The van der Waals surface area contributed by atoms with E-state index >= 15 is 0 Å². The predicted octanol–water partition coefficient (Wildman–Crippen LogP) is 3.13. The van der Waals surface area contributed by atoms with Crippen LogP contribution in [0.4, 0.5) is 0 Å². The van der Waals surface area contributed by atoms with E-state index in [9.17, 15) is 13.2 Å². The Hall–Kier alpha value is -2.10. The molecule has 0 saturated carbocycles. The summed E-state index contributed by atoms with van der Waals surface area (Å²) in [5.74, 6) is -0.726. The molecule has 1 fully saturated rings. The van der Waals surface area contributed by atoms with Crippen molar-refractivity contribution in [1.29, 1.82) is 0 Å².